The first-order valence-electron chi connectivity index (χ1n) is 9.49. The maximum atomic E-state index is 4.83. The van der Waals surface area contributed by atoms with Crippen molar-refractivity contribution in [3.63, 3.8) is 0 Å². The molecule has 144 valence electrons. The topological polar surface area (TPSA) is 25.2 Å². The summed E-state index contributed by atoms with van der Waals surface area (Å²) in [7, 11) is 0. The number of pyridine rings is 1. The minimum Gasteiger partial charge on any atom is -0.279 e. The SMILES string of the molecule is Brc1cncc(CN=C(c2ccccc2)c2ccccc2)c1.Cc1ccccc1. The average Bonchev–Trinajstić information content (AvgIpc) is 2.77. The molecule has 0 aliphatic carbocycles. The summed E-state index contributed by atoms with van der Waals surface area (Å²) in [5, 5.41) is 0. The molecule has 0 saturated heterocycles. The van der Waals surface area contributed by atoms with Crippen molar-refractivity contribution in [1.82, 2.24) is 4.98 Å². The number of nitrogens with zero attached hydrogens (tertiary/aromatic N) is 2. The van der Waals surface area contributed by atoms with Crippen LogP contribution in [-0.2, 0) is 6.54 Å². The molecule has 1 heterocycles. The van der Waals surface area contributed by atoms with Crippen molar-refractivity contribution >= 4 is 21.6 Å². The first-order chi connectivity index (χ1) is 14.2. The molecule has 0 radical (unpaired) electrons. The normalized spacial score (nSPS) is 9.86. The van der Waals surface area contributed by atoms with E-state index >= 15 is 0 Å². The Hall–Kier alpha value is -3.04. The summed E-state index contributed by atoms with van der Waals surface area (Å²) in [6, 6.07) is 32.8. The van der Waals surface area contributed by atoms with Crippen LogP contribution in [0.2, 0.25) is 0 Å². The van der Waals surface area contributed by atoms with E-state index in [1.807, 2.05) is 66.9 Å². The van der Waals surface area contributed by atoms with Crippen molar-refractivity contribution in [3.8, 4) is 0 Å². The predicted octanol–water partition coefficient (Wildman–Crippen LogP) is 6.88. The van der Waals surface area contributed by atoms with E-state index in [9.17, 15) is 0 Å². The molecule has 3 aromatic carbocycles. The molecule has 0 aliphatic rings. The van der Waals surface area contributed by atoms with Crippen LogP contribution in [0.5, 0.6) is 0 Å². The van der Waals surface area contributed by atoms with Crippen molar-refractivity contribution in [2.75, 3.05) is 0 Å². The Balaban J connectivity index is 0.000000290. The number of benzene rings is 3. The molecule has 2 nitrogen and oxygen atoms in total. The molecule has 0 atom stereocenters. The summed E-state index contributed by atoms with van der Waals surface area (Å²) >= 11 is 3.45. The van der Waals surface area contributed by atoms with E-state index in [1.54, 1.807) is 6.20 Å². The smallest absolute Gasteiger partial charge is 0.0723 e. The Labute approximate surface area is 181 Å². The van der Waals surface area contributed by atoms with Crippen LogP contribution in [0.25, 0.3) is 0 Å². The van der Waals surface area contributed by atoms with Gasteiger partial charge in [-0.05, 0) is 34.5 Å². The fourth-order valence-electron chi connectivity index (χ4n) is 2.79. The zero-order valence-corrected chi connectivity index (χ0v) is 18.0. The van der Waals surface area contributed by atoms with Crippen molar-refractivity contribution in [3.05, 3.63) is 136 Å². The van der Waals surface area contributed by atoms with E-state index in [0.717, 1.165) is 26.9 Å². The molecular formula is C26H23BrN2. The van der Waals surface area contributed by atoms with Crippen molar-refractivity contribution in [2.45, 2.75) is 13.5 Å². The molecule has 0 amide bonds. The highest BCUT2D eigenvalue weighted by Gasteiger charge is 2.06. The van der Waals surface area contributed by atoms with Gasteiger partial charge in [0.25, 0.3) is 0 Å². The first kappa shape index (κ1) is 20.7. The van der Waals surface area contributed by atoms with E-state index in [4.69, 9.17) is 4.99 Å². The molecule has 0 bridgehead atoms. The van der Waals surface area contributed by atoms with Crippen LogP contribution < -0.4 is 0 Å². The van der Waals surface area contributed by atoms with Crippen LogP contribution in [0, 0.1) is 6.92 Å². The lowest BCUT2D eigenvalue weighted by Gasteiger charge is -2.08. The Morgan fingerprint density at radius 2 is 1.28 bits per heavy atom. The fourth-order valence-corrected chi connectivity index (χ4v) is 3.20. The van der Waals surface area contributed by atoms with E-state index in [2.05, 4.69) is 64.2 Å². The zero-order chi connectivity index (χ0) is 20.3. The number of hydrogen-bond acceptors (Lipinski definition) is 2. The van der Waals surface area contributed by atoms with E-state index in [0.29, 0.717) is 6.54 Å². The summed E-state index contributed by atoms with van der Waals surface area (Å²) in [6.45, 7) is 2.69. The second kappa shape index (κ2) is 11.1. The van der Waals surface area contributed by atoms with Crippen LogP contribution >= 0.6 is 15.9 Å². The van der Waals surface area contributed by atoms with Crippen molar-refractivity contribution in [2.24, 2.45) is 4.99 Å². The molecule has 4 rings (SSSR count). The zero-order valence-electron chi connectivity index (χ0n) is 16.4. The molecule has 0 fully saturated rings. The summed E-state index contributed by atoms with van der Waals surface area (Å²) in [5.74, 6) is 0. The highest BCUT2D eigenvalue weighted by Crippen LogP contribution is 2.14. The second-order valence-electron chi connectivity index (χ2n) is 6.56. The standard InChI is InChI=1S/C19H15BrN2.C7H8/c20-18-11-15(12-21-14-18)13-22-19(16-7-3-1-4-8-16)17-9-5-2-6-10-17;1-7-5-3-2-4-6-7/h1-12,14H,13H2;2-6H,1H3. The van der Waals surface area contributed by atoms with Gasteiger partial charge >= 0.3 is 0 Å². The van der Waals surface area contributed by atoms with Gasteiger partial charge in [0.05, 0.1) is 12.3 Å². The van der Waals surface area contributed by atoms with E-state index in [-0.39, 0.29) is 0 Å². The summed E-state index contributed by atoms with van der Waals surface area (Å²) in [5.41, 5.74) is 5.65. The number of aliphatic imine (C=N–C) groups is 1. The van der Waals surface area contributed by atoms with Crippen LogP contribution in [0.1, 0.15) is 22.3 Å². The minimum absolute atomic E-state index is 0.603. The molecule has 0 unspecified atom stereocenters. The Morgan fingerprint density at radius 1 is 0.759 bits per heavy atom. The quantitative estimate of drug-likeness (QED) is 0.316. The van der Waals surface area contributed by atoms with Gasteiger partial charge in [-0.2, -0.15) is 0 Å². The highest BCUT2D eigenvalue weighted by molar-refractivity contribution is 9.10. The average molecular weight is 443 g/mol. The lowest BCUT2D eigenvalue weighted by molar-refractivity contribution is 1.04. The van der Waals surface area contributed by atoms with Crippen LogP contribution in [0.3, 0.4) is 0 Å². The van der Waals surface area contributed by atoms with Crippen LogP contribution in [0.15, 0.2) is 119 Å². The predicted molar refractivity (Wildman–Crippen MR) is 125 cm³/mol. The second-order valence-corrected chi connectivity index (χ2v) is 7.48. The fraction of sp³-hybridized carbons (Fsp3) is 0.0769. The third-order valence-corrected chi connectivity index (χ3v) is 4.65. The summed E-state index contributed by atoms with van der Waals surface area (Å²) in [4.78, 5) is 9.02. The number of halogens is 1. The number of hydrogen-bond donors (Lipinski definition) is 0. The summed E-state index contributed by atoms with van der Waals surface area (Å²) < 4.78 is 0.973. The molecule has 1 aromatic heterocycles. The van der Waals surface area contributed by atoms with Gasteiger partial charge < -0.3 is 0 Å². The third-order valence-electron chi connectivity index (χ3n) is 4.22. The van der Waals surface area contributed by atoms with Crippen LogP contribution in [0.4, 0.5) is 0 Å². The monoisotopic (exact) mass is 442 g/mol. The Morgan fingerprint density at radius 3 is 1.72 bits per heavy atom. The molecule has 0 N–H and O–H groups in total. The van der Waals surface area contributed by atoms with Gasteiger partial charge in [0, 0.05) is 28.0 Å². The maximum absolute atomic E-state index is 4.83. The van der Waals surface area contributed by atoms with Gasteiger partial charge in [-0.1, -0.05) is 96.6 Å². The van der Waals surface area contributed by atoms with Crippen molar-refractivity contribution in [1.29, 1.82) is 0 Å². The first-order valence-corrected chi connectivity index (χ1v) is 10.3. The minimum atomic E-state index is 0.603. The van der Waals surface area contributed by atoms with Gasteiger partial charge in [0.1, 0.15) is 0 Å². The molecule has 0 saturated carbocycles. The van der Waals surface area contributed by atoms with Gasteiger partial charge in [0.15, 0.2) is 0 Å². The number of aromatic nitrogens is 1. The van der Waals surface area contributed by atoms with Crippen LogP contribution in [-0.4, -0.2) is 10.7 Å². The highest BCUT2D eigenvalue weighted by atomic mass is 79.9. The van der Waals surface area contributed by atoms with Gasteiger partial charge in [-0.3, -0.25) is 9.98 Å². The number of aryl methyl sites for hydroxylation is 1. The molecule has 0 aliphatic heterocycles. The Bertz CT molecular complexity index is 988. The third kappa shape index (κ3) is 6.81. The Kier molecular flexibility index (Phi) is 7.90. The van der Waals surface area contributed by atoms with E-state index in [1.165, 1.54) is 5.56 Å². The van der Waals surface area contributed by atoms with Gasteiger partial charge in [-0.25, -0.2) is 0 Å². The van der Waals surface area contributed by atoms with Gasteiger partial charge in [-0.15, -0.1) is 0 Å². The molecule has 0 spiro atoms. The maximum Gasteiger partial charge on any atom is 0.0723 e. The lowest BCUT2D eigenvalue weighted by atomic mass is 10.0. The molecule has 4 aromatic rings. The number of rotatable bonds is 4. The van der Waals surface area contributed by atoms with Gasteiger partial charge in [0.2, 0.25) is 0 Å². The van der Waals surface area contributed by atoms with E-state index < -0.39 is 0 Å². The van der Waals surface area contributed by atoms with Crippen molar-refractivity contribution < 1.29 is 0 Å². The molecule has 3 heteroatoms. The molecular weight excluding hydrogens is 420 g/mol. The summed E-state index contributed by atoms with van der Waals surface area (Å²) in [6.07, 6.45) is 3.63. The molecule has 29 heavy (non-hydrogen) atoms. The largest absolute Gasteiger partial charge is 0.279 e. The lowest BCUT2D eigenvalue weighted by Crippen LogP contribution is -2.04.